The topological polar surface area (TPSA) is 78.1 Å². The Balaban J connectivity index is 2.52. The number of nitrogens with one attached hydrogen (secondary N) is 1. The summed E-state index contributed by atoms with van der Waals surface area (Å²) in [5, 5.41) is 3.05. The van der Waals surface area contributed by atoms with Crippen molar-refractivity contribution >= 4 is 5.96 Å². The minimum absolute atomic E-state index is 0.187. The second-order valence-corrected chi connectivity index (χ2v) is 4.66. The molecule has 0 aliphatic rings. The molecule has 0 aromatic heterocycles. The van der Waals surface area contributed by atoms with E-state index in [2.05, 4.69) is 16.2 Å². The van der Waals surface area contributed by atoms with E-state index in [1.165, 1.54) is 0 Å². The van der Waals surface area contributed by atoms with Crippen LogP contribution in [0.15, 0.2) is 23.2 Å². The molecule has 0 bridgehead atoms. The third-order valence-electron chi connectivity index (χ3n) is 2.95. The van der Waals surface area contributed by atoms with Gasteiger partial charge in [0.25, 0.3) is 0 Å². The van der Waals surface area contributed by atoms with E-state index in [0.29, 0.717) is 30.6 Å². The third kappa shape index (κ3) is 7.43. The lowest BCUT2D eigenvalue weighted by molar-refractivity contribution is 0.145. The molecule has 3 N–H and O–H groups in total. The maximum Gasteiger partial charge on any atom is 0.188 e. The lowest BCUT2D eigenvalue weighted by atomic mass is 10.2. The van der Waals surface area contributed by atoms with Crippen molar-refractivity contribution in [2.24, 2.45) is 10.7 Å². The number of guanidine groups is 1. The van der Waals surface area contributed by atoms with Crippen LogP contribution >= 0.6 is 0 Å². The number of ether oxygens (including phenoxy) is 3. The molecule has 1 aromatic rings. The average Bonchev–Trinajstić information content (AvgIpc) is 2.58. The van der Waals surface area contributed by atoms with Crippen molar-refractivity contribution in [3.8, 4) is 23.8 Å². The van der Waals surface area contributed by atoms with Gasteiger partial charge in [-0.2, -0.15) is 0 Å². The van der Waals surface area contributed by atoms with Crippen LogP contribution in [0.5, 0.6) is 11.5 Å². The summed E-state index contributed by atoms with van der Waals surface area (Å²) in [5.41, 5.74) is 6.78. The van der Waals surface area contributed by atoms with E-state index in [4.69, 9.17) is 26.4 Å². The summed E-state index contributed by atoms with van der Waals surface area (Å²) in [7, 11) is 1.58. The first kappa shape index (κ1) is 18.7. The van der Waals surface area contributed by atoms with Gasteiger partial charge in [0.15, 0.2) is 17.5 Å². The average molecular weight is 319 g/mol. The number of benzene rings is 1. The van der Waals surface area contributed by atoms with Crippen molar-refractivity contribution in [3.05, 3.63) is 23.8 Å². The molecule has 1 rings (SSSR count). The van der Waals surface area contributed by atoms with Crippen LogP contribution in [0.4, 0.5) is 0 Å². The van der Waals surface area contributed by atoms with Gasteiger partial charge in [-0.25, -0.2) is 4.99 Å². The Hall–Kier alpha value is -2.39. The summed E-state index contributed by atoms with van der Waals surface area (Å²) in [5.74, 6) is 4.07. The van der Waals surface area contributed by atoms with Gasteiger partial charge < -0.3 is 25.3 Å². The van der Waals surface area contributed by atoms with Gasteiger partial charge in [0.2, 0.25) is 0 Å². The molecule has 0 spiro atoms. The molecule has 6 heteroatoms. The summed E-state index contributed by atoms with van der Waals surface area (Å²) < 4.78 is 15.9. The number of methoxy groups -OCH3 is 1. The van der Waals surface area contributed by atoms with Gasteiger partial charge in [-0.15, -0.1) is 6.42 Å². The number of hydrogen-bond acceptors (Lipinski definition) is 4. The van der Waals surface area contributed by atoms with Crippen LogP contribution in [-0.4, -0.2) is 39.4 Å². The number of aliphatic imine (C=N–C) groups is 1. The zero-order chi connectivity index (χ0) is 16.9. The van der Waals surface area contributed by atoms with Gasteiger partial charge in [0, 0.05) is 19.8 Å². The van der Waals surface area contributed by atoms with E-state index in [1.54, 1.807) is 7.11 Å². The number of hydrogen-bond donors (Lipinski definition) is 2. The minimum Gasteiger partial charge on any atom is -0.493 e. The fourth-order valence-electron chi connectivity index (χ4n) is 1.82. The van der Waals surface area contributed by atoms with Crippen LogP contribution < -0.4 is 20.5 Å². The van der Waals surface area contributed by atoms with Crippen LogP contribution in [-0.2, 0) is 11.3 Å². The number of terminal acetylenes is 1. The highest BCUT2D eigenvalue weighted by molar-refractivity contribution is 5.77. The van der Waals surface area contributed by atoms with Crippen molar-refractivity contribution in [1.82, 2.24) is 5.32 Å². The van der Waals surface area contributed by atoms with Gasteiger partial charge in [0.1, 0.15) is 6.61 Å². The van der Waals surface area contributed by atoms with E-state index in [0.717, 1.165) is 25.1 Å². The first-order chi connectivity index (χ1) is 11.2. The molecular formula is C17H25N3O3. The Kier molecular flexibility index (Phi) is 9.10. The van der Waals surface area contributed by atoms with Gasteiger partial charge in [-0.05, 0) is 31.0 Å². The smallest absolute Gasteiger partial charge is 0.188 e. The Bertz CT molecular complexity index is 538. The lowest BCUT2D eigenvalue weighted by Gasteiger charge is -2.10. The van der Waals surface area contributed by atoms with Gasteiger partial charge in [-0.1, -0.05) is 12.0 Å². The number of nitrogens with two attached hydrogens (primary N) is 1. The van der Waals surface area contributed by atoms with E-state index in [1.807, 2.05) is 25.1 Å². The van der Waals surface area contributed by atoms with E-state index in [-0.39, 0.29) is 6.61 Å². The molecule has 0 fully saturated rings. The summed E-state index contributed by atoms with van der Waals surface area (Å²) in [6.45, 7) is 4.78. The Morgan fingerprint density at radius 1 is 1.39 bits per heavy atom. The quantitative estimate of drug-likeness (QED) is 0.296. The summed E-state index contributed by atoms with van der Waals surface area (Å²) in [4.78, 5) is 4.29. The van der Waals surface area contributed by atoms with E-state index < -0.39 is 0 Å². The summed E-state index contributed by atoms with van der Waals surface area (Å²) in [6.07, 6.45) is 6.10. The molecule has 0 aliphatic carbocycles. The van der Waals surface area contributed by atoms with Crippen LogP contribution in [0.2, 0.25) is 0 Å². The summed E-state index contributed by atoms with van der Waals surface area (Å²) in [6, 6.07) is 5.58. The Morgan fingerprint density at radius 2 is 2.22 bits per heavy atom. The highest BCUT2D eigenvalue weighted by Gasteiger charge is 2.05. The molecule has 23 heavy (non-hydrogen) atoms. The molecule has 0 saturated carbocycles. The predicted octanol–water partition coefficient (Wildman–Crippen LogP) is 1.54. The zero-order valence-corrected chi connectivity index (χ0v) is 13.8. The maximum atomic E-state index is 5.83. The van der Waals surface area contributed by atoms with Crippen LogP contribution in [0, 0.1) is 12.3 Å². The van der Waals surface area contributed by atoms with Crippen molar-refractivity contribution < 1.29 is 14.2 Å². The first-order valence-corrected chi connectivity index (χ1v) is 7.56. The van der Waals surface area contributed by atoms with Crippen LogP contribution in [0.1, 0.15) is 18.9 Å². The van der Waals surface area contributed by atoms with E-state index in [9.17, 15) is 0 Å². The van der Waals surface area contributed by atoms with Crippen molar-refractivity contribution in [1.29, 1.82) is 0 Å². The second kappa shape index (κ2) is 11.2. The van der Waals surface area contributed by atoms with Crippen molar-refractivity contribution in [2.45, 2.75) is 19.9 Å². The molecule has 6 nitrogen and oxygen atoms in total. The van der Waals surface area contributed by atoms with Gasteiger partial charge in [-0.3, -0.25) is 0 Å². The molecule has 0 atom stereocenters. The predicted molar refractivity (Wildman–Crippen MR) is 91.8 cm³/mol. The standard InChI is InChI=1S/C17H25N3O3/c1-4-10-23-16-12-14(7-8-15(16)21-3)13-20-17(18)19-9-6-11-22-5-2/h1,7-8,12H,5-6,9-11,13H2,2-3H3,(H3,18,19,20). The van der Waals surface area contributed by atoms with Gasteiger partial charge in [0.05, 0.1) is 13.7 Å². The van der Waals surface area contributed by atoms with Crippen molar-refractivity contribution in [2.75, 3.05) is 33.5 Å². The van der Waals surface area contributed by atoms with Crippen molar-refractivity contribution in [3.63, 3.8) is 0 Å². The molecule has 0 radical (unpaired) electrons. The van der Waals surface area contributed by atoms with E-state index >= 15 is 0 Å². The highest BCUT2D eigenvalue weighted by atomic mass is 16.5. The zero-order valence-electron chi connectivity index (χ0n) is 13.8. The third-order valence-corrected chi connectivity index (χ3v) is 2.95. The largest absolute Gasteiger partial charge is 0.493 e. The normalized spacial score (nSPS) is 10.9. The highest BCUT2D eigenvalue weighted by Crippen LogP contribution is 2.28. The SMILES string of the molecule is C#CCOc1cc(CN=C(N)NCCCOCC)ccc1OC. The minimum atomic E-state index is 0.187. The molecule has 0 aliphatic heterocycles. The molecule has 0 saturated heterocycles. The second-order valence-electron chi connectivity index (χ2n) is 4.66. The molecule has 0 amide bonds. The molecule has 0 unspecified atom stereocenters. The molecule has 126 valence electrons. The fraction of sp³-hybridized carbons (Fsp3) is 0.471. The van der Waals surface area contributed by atoms with Gasteiger partial charge >= 0.3 is 0 Å². The molecule has 0 heterocycles. The number of nitrogens with zero attached hydrogens (tertiary/aromatic N) is 1. The Morgan fingerprint density at radius 3 is 2.91 bits per heavy atom. The van der Waals surface area contributed by atoms with Crippen LogP contribution in [0.25, 0.3) is 0 Å². The fourth-order valence-corrected chi connectivity index (χ4v) is 1.82. The lowest BCUT2D eigenvalue weighted by Crippen LogP contribution is -2.32. The number of rotatable bonds is 10. The maximum absolute atomic E-state index is 5.83. The first-order valence-electron chi connectivity index (χ1n) is 7.56. The Labute approximate surface area is 138 Å². The summed E-state index contributed by atoms with van der Waals surface area (Å²) >= 11 is 0. The molecule has 1 aromatic carbocycles. The monoisotopic (exact) mass is 319 g/mol. The molecular weight excluding hydrogens is 294 g/mol. The van der Waals surface area contributed by atoms with Crippen LogP contribution in [0.3, 0.4) is 0 Å².